The van der Waals surface area contributed by atoms with Gasteiger partial charge in [0.1, 0.15) is 5.75 Å². The summed E-state index contributed by atoms with van der Waals surface area (Å²) in [5, 5.41) is 13.2. The molecular weight excluding hydrogens is 460 g/mol. The lowest BCUT2D eigenvalue weighted by Gasteiger charge is -2.38. The minimum atomic E-state index is -0.0916. The fourth-order valence-electron chi connectivity index (χ4n) is 5.10. The highest BCUT2D eigenvalue weighted by atomic mass is 16.5. The van der Waals surface area contributed by atoms with Gasteiger partial charge in [-0.2, -0.15) is 4.68 Å². The van der Waals surface area contributed by atoms with Crippen LogP contribution in [-0.2, 0) is 0 Å². The highest BCUT2D eigenvalue weighted by Gasteiger charge is 2.31. The van der Waals surface area contributed by atoms with Gasteiger partial charge in [-0.25, -0.2) is 0 Å². The van der Waals surface area contributed by atoms with Crippen molar-refractivity contribution in [1.82, 2.24) is 30.0 Å². The summed E-state index contributed by atoms with van der Waals surface area (Å²) in [6, 6.07) is 24.9. The van der Waals surface area contributed by atoms with Gasteiger partial charge in [0.25, 0.3) is 0 Å². The van der Waals surface area contributed by atoms with Crippen LogP contribution in [0.2, 0.25) is 0 Å². The Balaban J connectivity index is 1.41. The molecule has 2 heterocycles. The Morgan fingerprint density at radius 1 is 0.892 bits per heavy atom. The molecule has 190 valence electrons. The quantitative estimate of drug-likeness (QED) is 0.354. The first-order valence-corrected chi connectivity index (χ1v) is 12.8. The third-order valence-electron chi connectivity index (χ3n) is 7.04. The lowest BCUT2D eigenvalue weighted by Crippen LogP contribution is -2.48. The topological polar surface area (TPSA) is 59.3 Å². The second-order valence-corrected chi connectivity index (χ2v) is 9.52. The number of hydrogen-bond donors (Lipinski definition) is 0. The van der Waals surface area contributed by atoms with Crippen LogP contribution >= 0.6 is 0 Å². The maximum atomic E-state index is 5.57. The van der Waals surface area contributed by atoms with Crippen LogP contribution in [-0.4, -0.2) is 69.8 Å². The van der Waals surface area contributed by atoms with E-state index in [0.717, 1.165) is 66.7 Å². The number of tetrazole rings is 1. The number of piperazine rings is 1. The zero-order chi connectivity index (χ0) is 25.6. The van der Waals surface area contributed by atoms with Crippen LogP contribution in [0, 0.1) is 13.8 Å². The molecule has 0 aliphatic carbocycles. The zero-order valence-corrected chi connectivity index (χ0v) is 21.8. The van der Waals surface area contributed by atoms with Crippen LogP contribution in [0.3, 0.4) is 0 Å². The third kappa shape index (κ3) is 5.63. The first-order valence-electron chi connectivity index (χ1n) is 12.8. The third-order valence-corrected chi connectivity index (χ3v) is 7.04. The molecule has 0 spiro atoms. The van der Waals surface area contributed by atoms with Crippen molar-refractivity contribution in [2.75, 3.05) is 39.8 Å². The van der Waals surface area contributed by atoms with Crippen LogP contribution in [0.15, 0.2) is 78.9 Å². The molecule has 1 aromatic heterocycles. The summed E-state index contributed by atoms with van der Waals surface area (Å²) >= 11 is 0. The molecule has 1 aliphatic rings. The van der Waals surface area contributed by atoms with Gasteiger partial charge >= 0.3 is 0 Å². The van der Waals surface area contributed by atoms with Crippen molar-refractivity contribution < 1.29 is 4.74 Å². The summed E-state index contributed by atoms with van der Waals surface area (Å²) in [5.41, 5.74) is 5.69. The van der Waals surface area contributed by atoms with Crippen LogP contribution in [0.5, 0.6) is 5.75 Å². The van der Waals surface area contributed by atoms with Gasteiger partial charge in [0.2, 0.25) is 0 Å². The van der Waals surface area contributed by atoms with Crippen LogP contribution < -0.4 is 4.74 Å². The van der Waals surface area contributed by atoms with Crippen molar-refractivity contribution in [3.05, 3.63) is 107 Å². The summed E-state index contributed by atoms with van der Waals surface area (Å²) in [6.07, 6.45) is 4.45. The van der Waals surface area contributed by atoms with Gasteiger partial charge in [-0.1, -0.05) is 72.8 Å². The molecule has 5 rings (SSSR count). The van der Waals surface area contributed by atoms with Crippen molar-refractivity contribution in [3.8, 4) is 11.4 Å². The second kappa shape index (κ2) is 11.5. The number of rotatable bonds is 8. The number of nitrogens with zero attached hydrogens (tertiary/aromatic N) is 6. The van der Waals surface area contributed by atoms with Crippen molar-refractivity contribution in [2.45, 2.75) is 19.9 Å². The van der Waals surface area contributed by atoms with E-state index < -0.39 is 0 Å². The van der Waals surface area contributed by atoms with Gasteiger partial charge in [-0.3, -0.25) is 9.80 Å². The number of ether oxygens (including phenoxy) is 1. The van der Waals surface area contributed by atoms with Gasteiger partial charge in [-0.05, 0) is 58.7 Å². The first-order chi connectivity index (χ1) is 18.1. The summed E-state index contributed by atoms with van der Waals surface area (Å²) in [5.74, 6) is 1.65. The lowest BCUT2D eigenvalue weighted by atomic mass is 10.0. The summed E-state index contributed by atoms with van der Waals surface area (Å²) in [6.45, 7) is 8.94. The van der Waals surface area contributed by atoms with Gasteiger partial charge in [0.15, 0.2) is 5.82 Å². The van der Waals surface area contributed by atoms with Crippen molar-refractivity contribution in [2.24, 2.45) is 0 Å². The molecule has 0 saturated carbocycles. The Morgan fingerprint density at radius 3 is 2.35 bits per heavy atom. The number of hydrogen-bond acceptors (Lipinski definition) is 6. The lowest BCUT2D eigenvalue weighted by molar-refractivity contribution is 0.113. The van der Waals surface area contributed by atoms with E-state index in [2.05, 4.69) is 106 Å². The van der Waals surface area contributed by atoms with Crippen LogP contribution in [0.1, 0.15) is 34.1 Å². The van der Waals surface area contributed by atoms with Crippen LogP contribution in [0.25, 0.3) is 11.8 Å². The number of benzene rings is 3. The maximum Gasteiger partial charge on any atom is 0.178 e. The molecule has 1 fully saturated rings. The fourth-order valence-corrected chi connectivity index (χ4v) is 5.10. The molecule has 1 aliphatic heterocycles. The second-order valence-electron chi connectivity index (χ2n) is 9.52. The molecule has 1 saturated heterocycles. The predicted octanol–water partition coefficient (Wildman–Crippen LogP) is 4.71. The molecule has 7 nitrogen and oxygen atoms in total. The summed E-state index contributed by atoms with van der Waals surface area (Å²) in [7, 11) is 1.70. The van der Waals surface area contributed by atoms with Crippen molar-refractivity contribution in [3.63, 3.8) is 0 Å². The van der Waals surface area contributed by atoms with E-state index in [1.54, 1.807) is 7.11 Å². The number of aryl methyl sites for hydroxylation is 2. The average molecular weight is 495 g/mol. The van der Waals surface area contributed by atoms with Crippen LogP contribution in [0.4, 0.5) is 0 Å². The Morgan fingerprint density at radius 2 is 1.62 bits per heavy atom. The molecule has 3 aromatic carbocycles. The minimum absolute atomic E-state index is 0.0916. The fraction of sp³-hybridized carbons (Fsp3) is 0.300. The van der Waals surface area contributed by atoms with E-state index in [9.17, 15) is 0 Å². The highest BCUT2D eigenvalue weighted by Crippen LogP contribution is 2.32. The van der Waals surface area contributed by atoms with Gasteiger partial charge in [0.05, 0.1) is 18.8 Å². The summed E-state index contributed by atoms with van der Waals surface area (Å²) < 4.78 is 7.49. The standard InChI is InChI=1S/C30H34N6O/c1-23-10-7-11-24(2)28(23)36-30(31-32-33-36)29(26-15-8-16-27(22-26)37-3)35-20-18-34(19-21-35)17-9-14-25-12-5-4-6-13-25/h4-16,22,29H,17-21H2,1-3H3/b14-9+/t29-/m0/s1. The largest absolute Gasteiger partial charge is 0.497 e. The van der Waals surface area contributed by atoms with E-state index >= 15 is 0 Å². The molecule has 0 N–H and O–H groups in total. The SMILES string of the molecule is COc1cccc([C@@H](c2nnnn2-c2c(C)cccc2C)N2CCN(C/C=C/c3ccccc3)CC2)c1. The number of methoxy groups -OCH3 is 1. The van der Waals surface area contributed by atoms with E-state index in [-0.39, 0.29) is 6.04 Å². The van der Waals surface area contributed by atoms with Crippen molar-refractivity contribution in [1.29, 1.82) is 0 Å². The molecule has 0 bridgehead atoms. The van der Waals surface area contributed by atoms with Gasteiger partial charge in [-0.15, -0.1) is 5.10 Å². The molecule has 1 atom stereocenters. The Labute approximate surface area is 219 Å². The van der Waals surface area contributed by atoms with Gasteiger partial charge in [0, 0.05) is 32.7 Å². The smallest absolute Gasteiger partial charge is 0.178 e. The van der Waals surface area contributed by atoms with E-state index in [1.165, 1.54) is 5.56 Å². The minimum Gasteiger partial charge on any atom is -0.497 e. The molecule has 7 heteroatoms. The molecule has 0 unspecified atom stereocenters. The van der Waals surface area contributed by atoms with Crippen molar-refractivity contribution >= 4 is 6.08 Å². The summed E-state index contributed by atoms with van der Waals surface area (Å²) in [4.78, 5) is 4.98. The van der Waals surface area contributed by atoms with E-state index in [4.69, 9.17) is 4.74 Å². The zero-order valence-electron chi connectivity index (χ0n) is 21.8. The monoisotopic (exact) mass is 494 g/mol. The molecule has 0 radical (unpaired) electrons. The molecule has 37 heavy (non-hydrogen) atoms. The first kappa shape index (κ1) is 24.9. The number of para-hydroxylation sites is 1. The average Bonchev–Trinajstić information content (AvgIpc) is 3.39. The van der Waals surface area contributed by atoms with Gasteiger partial charge < -0.3 is 4.74 Å². The molecular formula is C30H34N6O. The normalized spacial score (nSPS) is 15.8. The number of aromatic nitrogens is 4. The Bertz CT molecular complexity index is 1320. The predicted molar refractivity (Wildman–Crippen MR) is 147 cm³/mol. The Hall–Kier alpha value is -3.81. The highest BCUT2D eigenvalue weighted by molar-refractivity contribution is 5.49. The maximum absolute atomic E-state index is 5.57. The van der Waals surface area contributed by atoms with E-state index in [0.29, 0.717) is 0 Å². The molecule has 4 aromatic rings. The molecule has 0 amide bonds. The Kier molecular flexibility index (Phi) is 7.73. The van der Waals surface area contributed by atoms with E-state index in [1.807, 2.05) is 22.9 Å².